The minimum atomic E-state index is -1.64. The summed E-state index contributed by atoms with van der Waals surface area (Å²) in [6.45, 7) is 1.15. The van der Waals surface area contributed by atoms with Gasteiger partial charge in [0.1, 0.15) is 0 Å². The second-order valence-electron chi connectivity index (χ2n) is 4.29. The van der Waals surface area contributed by atoms with Crippen LogP contribution in [-0.2, 0) is 4.74 Å². The zero-order valence-corrected chi connectivity index (χ0v) is 10.0. The van der Waals surface area contributed by atoms with Crippen LogP contribution in [0.5, 0.6) is 0 Å². The highest BCUT2D eigenvalue weighted by atomic mass is 32.1. The van der Waals surface area contributed by atoms with Crippen molar-refractivity contribution < 1.29 is 14.2 Å². The van der Waals surface area contributed by atoms with Crippen molar-refractivity contribution in [1.29, 1.82) is 0 Å². The molecule has 0 aliphatic carbocycles. The van der Waals surface area contributed by atoms with Crippen molar-refractivity contribution >= 4 is 12.2 Å². The molecular formula is C10H13FN2O3S. The fraction of sp³-hybridized carbons (Fsp3) is 0.600. The number of halogens is 1. The Balaban J connectivity index is 2.40. The Morgan fingerprint density at radius 1 is 1.82 bits per heavy atom. The van der Waals surface area contributed by atoms with E-state index in [4.69, 9.17) is 22.1 Å². The van der Waals surface area contributed by atoms with E-state index >= 15 is 0 Å². The van der Waals surface area contributed by atoms with Gasteiger partial charge in [-0.15, -0.1) is 0 Å². The van der Waals surface area contributed by atoms with Gasteiger partial charge in [0.2, 0.25) is 0 Å². The van der Waals surface area contributed by atoms with E-state index in [1.54, 1.807) is 0 Å². The summed E-state index contributed by atoms with van der Waals surface area (Å²) in [5, 5.41) is 8.99. The first-order chi connectivity index (χ1) is 7.94. The Hall–Kier alpha value is -1.05. The molecule has 0 amide bonds. The van der Waals surface area contributed by atoms with Crippen LogP contribution in [0.25, 0.3) is 0 Å². The first-order valence-electron chi connectivity index (χ1n) is 5.21. The molecule has 1 aliphatic heterocycles. The molecule has 2 heterocycles. The van der Waals surface area contributed by atoms with Gasteiger partial charge in [0.05, 0.1) is 12.7 Å². The van der Waals surface area contributed by atoms with Crippen LogP contribution in [0.15, 0.2) is 17.1 Å². The number of aromatic amines is 1. The highest BCUT2D eigenvalue weighted by Crippen LogP contribution is 2.40. The van der Waals surface area contributed by atoms with Crippen LogP contribution in [0, 0.1) is 4.77 Å². The van der Waals surface area contributed by atoms with Crippen LogP contribution < -0.4 is 5.56 Å². The Bertz CT molecular complexity index is 525. The lowest BCUT2D eigenvalue weighted by Gasteiger charge is -2.23. The third-order valence-electron chi connectivity index (χ3n) is 2.77. The van der Waals surface area contributed by atoms with Crippen molar-refractivity contribution in [2.24, 2.45) is 0 Å². The maximum Gasteiger partial charge on any atom is 0.251 e. The minimum Gasteiger partial charge on any atom is -0.394 e. The molecule has 1 aromatic heterocycles. The number of aliphatic hydroxyl groups is 1. The van der Waals surface area contributed by atoms with E-state index in [0.717, 1.165) is 0 Å². The Morgan fingerprint density at radius 2 is 2.53 bits per heavy atom. The summed E-state index contributed by atoms with van der Waals surface area (Å²) in [5.74, 6) is 0. The number of aromatic nitrogens is 2. The van der Waals surface area contributed by atoms with Gasteiger partial charge in [0.25, 0.3) is 5.56 Å². The van der Waals surface area contributed by atoms with Gasteiger partial charge in [-0.1, -0.05) is 0 Å². The smallest absolute Gasteiger partial charge is 0.251 e. The van der Waals surface area contributed by atoms with E-state index < -0.39 is 18.0 Å². The quantitative estimate of drug-likeness (QED) is 0.776. The first-order valence-corrected chi connectivity index (χ1v) is 5.61. The molecule has 5 nitrogen and oxygen atoms in total. The first kappa shape index (κ1) is 12.4. The number of H-pyrrole nitrogens is 1. The van der Waals surface area contributed by atoms with Crippen molar-refractivity contribution in [2.75, 3.05) is 6.61 Å². The lowest BCUT2D eigenvalue weighted by atomic mass is 10.0. The molecule has 2 N–H and O–H groups in total. The predicted molar refractivity (Wildman–Crippen MR) is 61.0 cm³/mol. The van der Waals surface area contributed by atoms with E-state index in [-0.39, 0.29) is 23.4 Å². The summed E-state index contributed by atoms with van der Waals surface area (Å²) in [5.41, 5.74) is -1.98. The highest BCUT2D eigenvalue weighted by Gasteiger charge is 2.46. The third kappa shape index (κ3) is 2.31. The molecule has 0 aromatic carbocycles. The molecule has 1 saturated heterocycles. The molecule has 0 bridgehead atoms. The fourth-order valence-corrected chi connectivity index (χ4v) is 2.25. The van der Waals surface area contributed by atoms with Gasteiger partial charge in [-0.05, 0) is 19.1 Å². The number of nitrogens with one attached hydrogen (secondary N) is 1. The molecular weight excluding hydrogens is 247 g/mol. The van der Waals surface area contributed by atoms with E-state index in [0.29, 0.717) is 0 Å². The monoisotopic (exact) mass is 260 g/mol. The number of hydrogen-bond donors (Lipinski definition) is 2. The van der Waals surface area contributed by atoms with Gasteiger partial charge >= 0.3 is 0 Å². The van der Waals surface area contributed by atoms with E-state index in [2.05, 4.69) is 4.98 Å². The van der Waals surface area contributed by atoms with Crippen LogP contribution in [0.4, 0.5) is 4.39 Å². The number of alkyl halides is 1. The molecule has 3 atom stereocenters. The number of rotatable bonds is 2. The third-order valence-corrected chi connectivity index (χ3v) is 3.08. The Morgan fingerprint density at radius 3 is 3.06 bits per heavy atom. The SMILES string of the molecule is C[C@@]1(F)C[C@@H](CO)O[C@H]1n1ccc(=O)[nH]c1=S. The molecule has 2 rings (SSSR count). The van der Waals surface area contributed by atoms with Gasteiger partial charge in [0.15, 0.2) is 16.7 Å². The number of nitrogens with zero attached hydrogens (tertiary/aromatic N) is 1. The van der Waals surface area contributed by atoms with E-state index in [1.165, 1.54) is 23.8 Å². The largest absolute Gasteiger partial charge is 0.394 e. The second-order valence-corrected chi connectivity index (χ2v) is 4.68. The Kier molecular flexibility index (Phi) is 3.15. The maximum absolute atomic E-state index is 14.3. The van der Waals surface area contributed by atoms with Gasteiger partial charge < -0.3 is 9.84 Å². The van der Waals surface area contributed by atoms with Crippen LogP contribution >= 0.6 is 12.2 Å². The predicted octanol–water partition coefficient (Wildman–Crippen LogP) is 0.914. The van der Waals surface area contributed by atoms with E-state index in [1.807, 2.05) is 0 Å². The second kappa shape index (κ2) is 4.32. The summed E-state index contributed by atoms with van der Waals surface area (Å²) in [6, 6.07) is 1.25. The Labute approximate surface area is 102 Å². The van der Waals surface area contributed by atoms with Gasteiger partial charge in [-0.2, -0.15) is 0 Å². The lowest BCUT2D eigenvalue weighted by molar-refractivity contribution is -0.0600. The summed E-state index contributed by atoms with van der Waals surface area (Å²) in [7, 11) is 0. The molecule has 7 heteroatoms. The summed E-state index contributed by atoms with van der Waals surface area (Å²) < 4.78 is 21.1. The normalized spacial score (nSPS) is 32.9. The van der Waals surface area contributed by atoms with Crippen molar-refractivity contribution in [2.45, 2.75) is 31.3 Å². The topological polar surface area (TPSA) is 67.2 Å². The van der Waals surface area contributed by atoms with Gasteiger partial charge in [-0.3, -0.25) is 14.3 Å². The van der Waals surface area contributed by atoms with Crippen molar-refractivity contribution in [3.8, 4) is 0 Å². The summed E-state index contributed by atoms with van der Waals surface area (Å²) in [4.78, 5) is 13.4. The zero-order valence-electron chi connectivity index (χ0n) is 9.22. The van der Waals surface area contributed by atoms with Crippen LogP contribution in [0.3, 0.4) is 0 Å². The number of aliphatic hydroxyl groups excluding tert-OH is 1. The maximum atomic E-state index is 14.3. The van der Waals surface area contributed by atoms with Crippen LogP contribution in [-0.4, -0.2) is 33.0 Å². The number of hydrogen-bond acceptors (Lipinski definition) is 4. The molecule has 0 spiro atoms. The molecule has 1 aliphatic rings. The van der Waals surface area contributed by atoms with E-state index in [9.17, 15) is 9.18 Å². The molecule has 94 valence electrons. The molecule has 0 radical (unpaired) electrons. The summed E-state index contributed by atoms with van der Waals surface area (Å²) >= 11 is 4.95. The molecule has 17 heavy (non-hydrogen) atoms. The molecule has 1 fully saturated rings. The standard InChI is InChI=1S/C10H13FN2O3S/c1-10(11)4-6(5-14)16-8(10)13-3-2-7(15)12-9(13)17/h2-3,6,8,14H,4-5H2,1H3,(H,12,15,17)/t6-,8+,10+/m0/s1. The molecule has 0 unspecified atom stereocenters. The van der Waals surface area contributed by atoms with Crippen molar-refractivity contribution in [3.05, 3.63) is 27.4 Å². The van der Waals surface area contributed by atoms with Crippen LogP contribution in [0.2, 0.25) is 0 Å². The van der Waals surface area contributed by atoms with Crippen molar-refractivity contribution in [3.63, 3.8) is 0 Å². The summed E-state index contributed by atoms with van der Waals surface area (Å²) in [6.07, 6.45) is 0.00574. The molecule has 1 aromatic rings. The fourth-order valence-electron chi connectivity index (χ4n) is 1.99. The van der Waals surface area contributed by atoms with Crippen LogP contribution in [0.1, 0.15) is 19.6 Å². The molecule has 0 saturated carbocycles. The van der Waals surface area contributed by atoms with Gasteiger partial charge in [-0.25, -0.2) is 4.39 Å². The average Bonchev–Trinajstić information content (AvgIpc) is 2.54. The lowest BCUT2D eigenvalue weighted by Crippen LogP contribution is -2.29. The zero-order chi connectivity index (χ0) is 12.6. The average molecular weight is 260 g/mol. The number of ether oxygens (including phenoxy) is 1. The van der Waals surface area contributed by atoms with Gasteiger partial charge in [0, 0.05) is 18.7 Å². The minimum absolute atomic E-state index is 0.0923. The van der Waals surface area contributed by atoms with Crippen molar-refractivity contribution in [1.82, 2.24) is 9.55 Å². The highest BCUT2D eigenvalue weighted by molar-refractivity contribution is 7.71.